The van der Waals surface area contributed by atoms with E-state index in [0.717, 1.165) is 41.8 Å². The summed E-state index contributed by atoms with van der Waals surface area (Å²) in [6.45, 7) is 1.89. The van der Waals surface area contributed by atoms with Crippen molar-refractivity contribution < 1.29 is 36.2 Å². The Morgan fingerprint density at radius 3 is 2.45 bits per heavy atom. The van der Waals surface area contributed by atoms with Crippen LogP contribution in [0.2, 0.25) is 0 Å². The number of nitrogens with two attached hydrogens (primary N) is 1. The van der Waals surface area contributed by atoms with Crippen LogP contribution in [0.4, 0.5) is 18.9 Å². The number of alkyl halides is 3. The molecule has 0 aliphatic heterocycles. The van der Waals surface area contributed by atoms with Crippen LogP contribution in [0.1, 0.15) is 18.4 Å². The van der Waals surface area contributed by atoms with Crippen LogP contribution in [0.15, 0.2) is 46.3 Å². The first-order chi connectivity index (χ1) is 15.5. The van der Waals surface area contributed by atoms with Gasteiger partial charge >= 0.3 is 6.36 Å². The lowest BCUT2D eigenvalue weighted by Crippen LogP contribution is -2.17. The maximum atomic E-state index is 12.8. The van der Waals surface area contributed by atoms with Gasteiger partial charge in [0, 0.05) is 6.20 Å². The van der Waals surface area contributed by atoms with E-state index < -0.39 is 21.9 Å². The van der Waals surface area contributed by atoms with Gasteiger partial charge in [-0.3, -0.25) is 4.98 Å². The summed E-state index contributed by atoms with van der Waals surface area (Å²) in [6, 6.07) is 4.97. The van der Waals surface area contributed by atoms with Crippen molar-refractivity contribution in [1.29, 1.82) is 0 Å². The van der Waals surface area contributed by atoms with Crippen molar-refractivity contribution in [3.8, 4) is 16.5 Å². The molecule has 0 saturated heterocycles. The number of pyridine rings is 1. The van der Waals surface area contributed by atoms with E-state index in [1.165, 1.54) is 6.07 Å². The van der Waals surface area contributed by atoms with Gasteiger partial charge in [0.05, 0.1) is 28.2 Å². The average molecular weight is 505 g/mol. The van der Waals surface area contributed by atoms with Crippen LogP contribution in [0, 0.1) is 0 Å². The normalized spacial score (nSPS) is 13.1. The number of nitrogens with zero attached hydrogens (tertiary/aromatic N) is 3. The van der Waals surface area contributed by atoms with E-state index in [0.29, 0.717) is 16.4 Å². The minimum atomic E-state index is -4.89. The maximum absolute atomic E-state index is 12.8. The molecule has 2 heterocycles. The van der Waals surface area contributed by atoms with Gasteiger partial charge in [-0.25, -0.2) is 8.42 Å². The van der Waals surface area contributed by atoms with E-state index in [2.05, 4.69) is 19.9 Å². The van der Waals surface area contributed by atoms with E-state index in [9.17, 15) is 26.7 Å². The van der Waals surface area contributed by atoms with Crippen molar-refractivity contribution >= 4 is 26.9 Å². The summed E-state index contributed by atoms with van der Waals surface area (Å²) in [7, 11) is -4.10. The molecule has 0 bridgehead atoms. The Hall–Kier alpha value is -2.81. The summed E-state index contributed by atoms with van der Waals surface area (Å²) in [4.78, 5) is 3.60. The third kappa shape index (κ3) is 6.16. The number of hydrogen-bond donors (Lipinski definition) is 2. The molecule has 3 rings (SSSR count). The molecule has 1 aromatic carbocycles. The molecule has 3 aromatic rings. The van der Waals surface area contributed by atoms with Crippen molar-refractivity contribution in [3.05, 3.63) is 41.5 Å². The van der Waals surface area contributed by atoms with Gasteiger partial charge in [0.2, 0.25) is 9.84 Å². The van der Waals surface area contributed by atoms with Gasteiger partial charge in [0.15, 0.2) is 5.01 Å². The number of rotatable bonds is 9. The lowest BCUT2D eigenvalue weighted by Gasteiger charge is -2.11. The quantitative estimate of drug-likeness (QED) is 0.450. The molecule has 1 unspecified atom stereocenters. The summed E-state index contributed by atoms with van der Waals surface area (Å²) in [5.74, 6) is -0.547. The van der Waals surface area contributed by atoms with Gasteiger partial charge < -0.3 is 20.3 Å². The molecular weight excluding hydrogens is 485 g/mol. The number of ether oxygens (including phenoxy) is 2. The Balaban J connectivity index is 1.79. The molecule has 0 fully saturated rings. The number of aliphatic hydroxyl groups is 1. The molecule has 1 atom stereocenters. The topological polar surface area (TPSA) is 138 Å². The number of benzene rings is 1. The lowest BCUT2D eigenvalue weighted by molar-refractivity contribution is -0.274. The van der Waals surface area contributed by atoms with Crippen LogP contribution in [0.3, 0.4) is 0 Å². The fourth-order valence-electron chi connectivity index (χ4n) is 2.64. The fraction of sp³-hybridized carbons (Fsp3) is 0.316. The number of hydrogen-bond acceptors (Lipinski definition) is 10. The number of nitrogen functional groups attached to an aromatic ring is 1. The van der Waals surface area contributed by atoms with E-state index in [-0.39, 0.29) is 40.5 Å². The second kappa shape index (κ2) is 9.99. The molecule has 3 N–H and O–H groups in total. The van der Waals surface area contributed by atoms with Crippen LogP contribution in [-0.2, 0) is 21.2 Å². The molecule has 0 aliphatic carbocycles. The van der Waals surface area contributed by atoms with E-state index in [1.54, 1.807) is 0 Å². The largest absolute Gasteiger partial charge is 0.573 e. The van der Waals surface area contributed by atoms with E-state index >= 15 is 0 Å². The highest BCUT2D eigenvalue weighted by Crippen LogP contribution is 2.31. The van der Waals surface area contributed by atoms with Crippen LogP contribution < -0.4 is 10.5 Å². The van der Waals surface area contributed by atoms with Crippen LogP contribution in [0.5, 0.6) is 5.75 Å². The van der Waals surface area contributed by atoms with Crippen LogP contribution in [-0.4, -0.2) is 47.8 Å². The molecule has 2 aromatic heterocycles. The molecule has 14 heteroatoms. The number of aromatic nitrogens is 3. The highest BCUT2D eigenvalue weighted by Gasteiger charge is 2.31. The molecule has 0 spiro atoms. The van der Waals surface area contributed by atoms with Crippen molar-refractivity contribution in [1.82, 2.24) is 15.2 Å². The summed E-state index contributed by atoms with van der Waals surface area (Å²) >= 11 is 1.15. The van der Waals surface area contributed by atoms with E-state index in [1.807, 2.05) is 6.92 Å². The minimum absolute atomic E-state index is 0.0264. The van der Waals surface area contributed by atoms with Crippen molar-refractivity contribution in [2.24, 2.45) is 0 Å². The zero-order valence-corrected chi connectivity index (χ0v) is 18.7. The molecule has 0 radical (unpaired) electrons. The summed E-state index contributed by atoms with van der Waals surface area (Å²) in [5.41, 5.74) is 6.25. The van der Waals surface area contributed by atoms with Crippen molar-refractivity contribution in [2.75, 3.05) is 12.3 Å². The standard InChI is InChI=1S/C19H19F3N4O5S2/c1-2-11(9-27)30-10-16-25-26-18(32-16)17-15(23)7-14(8-24-17)33(28,29)13-5-3-12(4-6-13)31-19(20,21)22/h3-8,11,27H,2,9-10,23H2,1H3. The third-order valence-electron chi connectivity index (χ3n) is 4.34. The summed E-state index contributed by atoms with van der Waals surface area (Å²) in [6.07, 6.45) is -3.50. The number of aliphatic hydroxyl groups excluding tert-OH is 1. The summed E-state index contributed by atoms with van der Waals surface area (Å²) in [5, 5.41) is 18.0. The van der Waals surface area contributed by atoms with E-state index in [4.69, 9.17) is 10.5 Å². The molecular formula is C19H19F3N4O5S2. The van der Waals surface area contributed by atoms with Gasteiger partial charge in [-0.2, -0.15) is 0 Å². The molecule has 178 valence electrons. The molecule has 0 saturated carbocycles. The first-order valence-corrected chi connectivity index (χ1v) is 11.7. The molecule has 33 heavy (non-hydrogen) atoms. The highest BCUT2D eigenvalue weighted by molar-refractivity contribution is 7.91. The van der Waals surface area contributed by atoms with Gasteiger partial charge in [-0.05, 0) is 36.8 Å². The van der Waals surface area contributed by atoms with Crippen LogP contribution >= 0.6 is 11.3 Å². The Kier molecular flexibility index (Phi) is 7.51. The Bertz CT molecular complexity index is 1200. The van der Waals surface area contributed by atoms with Crippen LogP contribution in [0.25, 0.3) is 10.7 Å². The monoisotopic (exact) mass is 504 g/mol. The number of sulfone groups is 1. The zero-order valence-electron chi connectivity index (χ0n) is 17.1. The number of halogens is 3. The molecule has 0 aliphatic rings. The Morgan fingerprint density at radius 2 is 1.88 bits per heavy atom. The van der Waals surface area contributed by atoms with Gasteiger partial charge in [0.25, 0.3) is 0 Å². The second-order valence-corrected chi connectivity index (χ2v) is 9.67. The first kappa shape index (κ1) is 24.8. The maximum Gasteiger partial charge on any atom is 0.573 e. The lowest BCUT2D eigenvalue weighted by atomic mass is 10.3. The highest BCUT2D eigenvalue weighted by atomic mass is 32.2. The minimum Gasteiger partial charge on any atom is -0.406 e. The number of anilines is 1. The Morgan fingerprint density at radius 1 is 1.18 bits per heavy atom. The molecule has 0 amide bonds. The van der Waals surface area contributed by atoms with Gasteiger partial charge in [0.1, 0.15) is 23.1 Å². The van der Waals surface area contributed by atoms with Gasteiger partial charge in [-0.1, -0.05) is 18.3 Å². The summed E-state index contributed by atoms with van der Waals surface area (Å²) < 4.78 is 71.8. The fourth-order valence-corrected chi connectivity index (χ4v) is 4.66. The third-order valence-corrected chi connectivity index (χ3v) is 6.98. The average Bonchev–Trinajstić information content (AvgIpc) is 3.22. The van der Waals surface area contributed by atoms with Gasteiger partial charge in [-0.15, -0.1) is 23.4 Å². The first-order valence-electron chi connectivity index (χ1n) is 9.45. The predicted octanol–water partition coefficient (Wildman–Crippen LogP) is 3.20. The SMILES string of the molecule is CCC(CO)OCc1nnc(-c2ncc(S(=O)(=O)c3ccc(OC(F)(F)F)cc3)cc2N)s1. The Labute approximate surface area is 190 Å². The predicted molar refractivity (Wildman–Crippen MR) is 112 cm³/mol. The smallest absolute Gasteiger partial charge is 0.406 e. The zero-order chi connectivity index (χ0) is 24.2. The second-order valence-electron chi connectivity index (χ2n) is 6.66. The van der Waals surface area contributed by atoms with Crippen molar-refractivity contribution in [2.45, 2.75) is 42.2 Å². The van der Waals surface area contributed by atoms with Crippen molar-refractivity contribution in [3.63, 3.8) is 0 Å². The molecule has 9 nitrogen and oxygen atoms in total.